The standard InChI is InChI=1S/C16H15.C5H5.7CH3.Hf/c1-2-5-12-8-9-15-10-13-6-3-4-7-14(13)11-16(12)15;1-2-4-5-3-1;;;;;;;;/h3-4,6-11H,2,5H2,1H3;1-5H;7*1H3;/q9*-1;. The molecular weight excluding hydrogens is 515 g/mol. The minimum Gasteiger partial charge on any atom is -0.358 e. The molecule has 0 nitrogen and oxygen atoms in total. The van der Waals surface area contributed by atoms with Crippen molar-refractivity contribution in [2.24, 2.45) is 0 Å². The van der Waals surface area contributed by atoms with E-state index in [1.54, 1.807) is 0 Å². The van der Waals surface area contributed by atoms with Crippen LogP contribution in [-0.4, -0.2) is 0 Å². The normalized spacial score (nSPS) is 7.62. The van der Waals surface area contributed by atoms with E-state index in [0.717, 1.165) is 0 Å². The van der Waals surface area contributed by atoms with Gasteiger partial charge in [0.1, 0.15) is 0 Å². The molecule has 0 atom stereocenters. The van der Waals surface area contributed by atoms with E-state index in [1.807, 2.05) is 30.3 Å². The van der Waals surface area contributed by atoms with Gasteiger partial charge < -0.3 is 52.0 Å². The van der Waals surface area contributed by atoms with Gasteiger partial charge in [0, 0.05) is 25.8 Å². The van der Waals surface area contributed by atoms with Crippen LogP contribution in [0.15, 0.2) is 78.9 Å². The van der Waals surface area contributed by atoms with Crippen molar-refractivity contribution in [2.75, 3.05) is 0 Å². The average molecular weight is 556 g/mol. The number of rotatable bonds is 2. The molecule has 4 aromatic carbocycles. The average Bonchev–Trinajstić information content (AvgIpc) is 3.19. The molecule has 4 rings (SSSR count). The second-order valence-electron chi connectivity index (χ2n) is 5.36. The van der Waals surface area contributed by atoms with Gasteiger partial charge in [0.15, 0.2) is 0 Å². The molecule has 0 spiro atoms. The Labute approximate surface area is 202 Å². The third-order valence-electron chi connectivity index (χ3n) is 3.80. The number of hydrogen-bond acceptors (Lipinski definition) is 0. The summed E-state index contributed by atoms with van der Waals surface area (Å²) in [6.07, 6.45) is 2.40. The molecular formula is C28H41Hf-9. The largest absolute Gasteiger partial charge is 0.358 e. The van der Waals surface area contributed by atoms with E-state index in [-0.39, 0.29) is 77.8 Å². The smallest absolute Gasteiger partial charge is 0 e. The predicted molar refractivity (Wildman–Crippen MR) is 138 cm³/mol. The first-order chi connectivity index (χ1) is 10.4. The summed E-state index contributed by atoms with van der Waals surface area (Å²) in [6.45, 7) is 2.24. The number of benzene rings is 2. The van der Waals surface area contributed by atoms with Crippen molar-refractivity contribution < 1.29 is 25.8 Å². The molecule has 0 aliphatic rings. The van der Waals surface area contributed by atoms with Crippen LogP contribution < -0.4 is 0 Å². The molecule has 0 aliphatic heterocycles. The zero-order valence-electron chi connectivity index (χ0n) is 19.9. The van der Waals surface area contributed by atoms with Crippen molar-refractivity contribution in [1.29, 1.82) is 0 Å². The summed E-state index contributed by atoms with van der Waals surface area (Å²) in [5.41, 5.74) is 1.49. The van der Waals surface area contributed by atoms with E-state index < -0.39 is 0 Å². The SMILES string of the molecule is CCC[c-]1ccc2cc3ccccc3cc21.[CH3-].[CH3-].[CH3-].[CH3-].[CH3-].[CH3-].[CH3-].[Hf].c1cc[cH-]c1. The van der Waals surface area contributed by atoms with Gasteiger partial charge in [0.2, 0.25) is 0 Å². The van der Waals surface area contributed by atoms with Crippen molar-refractivity contribution in [2.45, 2.75) is 19.8 Å². The number of aryl methyl sites for hydroxylation is 1. The molecule has 0 bridgehead atoms. The van der Waals surface area contributed by atoms with Crippen LogP contribution >= 0.6 is 0 Å². The van der Waals surface area contributed by atoms with E-state index in [2.05, 4.69) is 55.5 Å². The van der Waals surface area contributed by atoms with E-state index in [1.165, 1.54) is 39.9 Å². The zero-order valence-corrected chi connectivity index (χ0v) is 23.5. The van der Waals surface area contributed by atoms with E-state index in [0.29, 0.717) is 0 Å². The maximum absolute atomic E-state index is 2.33. The van der Waals surface area contributed by atoms with Gasteiger partial charge in [-0.3, -0.25) is 0 Å². The first-order valence-corrected chi connectivity index (χ1v) is 7.62. The Hall–Kier alpha value is -1.47. The van der Waals surface area contributed by atoms with Crippen LogP contribution in [0.25, 0.3) is 21.5 Å². The minimum absolute atomic E-state index is 0. The summed E-state index contributed by atoms with van der Waals surface area (Å²) in [6, 6.07) is 27.7. The van der Waals surface area contributed by atoms with Crippen molar-refractivity contribution in [3.8, 4) is 0 Å². The molecule has 0 aromatic heterocycles. The summed E-state index contributed by atoms with van der Waals surface area (Å²) in [4.78, 5) is 0. The van der Waals surface area contributed by atoms with E-state index >= 15 is 0 Å². The van der Waals surface area contributed by atoms with Crippen LogP contribution in [0.3, 0.4) is 0 Å². The Morgan fingerprint density at radius 3 is 1.66 bits per heavy atom. The Bertz CT molecular complexity index is 789. The minimum atomic E-state index is 0. The third-order valence-corrected chi connectivity index (χ3v) is 3.80. The second kappa shape index (κ2) is 21.2. The summed E-state index contributed by atoms with van der Waals surface area (Å²) in [7, 11) is 0. The molecule has 1 heteroatoms. The zero-order chi connectivity index (χ0) is 14.5. The molecule has 4 aromatic rings. The molecule has 0 radical (unpaired) electrons. The quantitative estimate of drug-likeness (QED) is 0.171. The van der Waals surface area contributed by atoms with Gasteiger partial charge in [0.05, 0.1) is 0 Å². The molecule has 0 aliphatic carbocycles. The molecule has 0 unspecified atom stereocenters. The molecule has 29 heavy (non-hydrogen) atoms. The summed E-state index contributed by atoms with van der Waals surface area (Å²) in [5.74, 6) is 0. The molecule has 0 fully saturated rings. The van der Waals surface area contributed by atoms with Crippen molar-refractivity contribution >= 4 is 21.5 Å². The first-order valence-electron chi connectivity index (χ1n) is 7.62. The van der Waals surface area contributed by atoms with Gasteiger partial charge in [-0.05, 0) is 5.39 Å². The van der Waals surface area contributed by atoms with Crippen molar-refractivity contribution in [3.05, 3.63) is 136 Å². The van der Waals surface area contributed by atoms with E-state index in [4.69, 9.17) is 0 Å². The van der Waals surface area contributed by atoms with Crippen molar-refractivity contribution in [1.82, 2.24) is 0 Å². The van der Waals surface area contributed by atoms with Crippen LogP contribution in [0.4, 0.5) is 0 Å². The Kier molecular flexibility index (Phi) is 30.6. The first kappa shape index (κ1) is 41.8. The maximum atomic E-state index is 2.33. The predicted octanol–water partition coefficient (Wildman–Crippen LogP) is 9.22. The molecule has 0 heterocycles. The third kappa shape index (κ3) is 10.8. The summed E-state index contributed by atoms with van der Waals surface area (Å²) in [5, 5.41) is 5.49. The fourth-order valence-electron chi connectivity index (χ4n) is 2.76. The number of hydrogen-bond donors (Lipinski definition) is 0. The van der Waals surface area contributed by atoms with Crippen molar-refractivity contribution in [3.63, 3.8) is 0 Å². The Balaban J connectivity index is -0.0000000916. The second-order valence-corrected chi connectivity index (χ2v) is 5.36. The summed E-state index contributed by atoms with van der Waals surface area (Å²) >= 11 is 0. The molecule has 0 N–H and O–H groups in total. The van der Waals surface area contributed by atoms with Gasteiger partial charge in [-0.15, -0.1) is 28.5 Å². The van der Waals surface area contributed by atoms with Gasteiger partial charge in [-0.2, -0.15) is 24.3 Å². The van der Waals surface area contributed by atoms with Crippen LogP contribution in [0.1, 0.15) is 18.9 Å². The van der Waals surface area contributed by atoms with Gasteiger partial charge in [0.25, 0.3) is 0 Å². The Morgan fingerprint density at radius 1 is 0.690 bits per heavy atom. The molecule has 0 saturated heterocycles. The topological polar surface area (TPSA) is 0 Å². The fourth-order valence-corrected chi connectivity index (χ4v) is 2.76. The van der Waals surface area contributed by atoms with Crippen LogP contribution in [-0.2, 0) is 32.3 Å². The van der Waals surface area contributed by atoms with E-state index in [9.17, 15) is 0 Å². The van der Waals surface area contributed by atoms with Crippen LogP contribution in [0.2, 0.25) is 0 Å². The maximum Gasteiger partial charge on any atom is 0 e. The summed E-state index contributed by atoms with van der Waals surface area (Å²) < 4.78 is 0. The van der Waals surface area contributed by atoms with Crippen LogP contribution in [0, 0.1) is 52.0 Å². The molecule has 166 valence electrons. The number of fused-ring (bicyclic) bond motifs is 2. The Morgan fingerprint density at radius 2 is 1.21 bits per heavy atom. The van der Waals surface area contributed by atoms with Gasteiger partial charge in [-0.1, -0.05) is 55.5 Å². The van der Waals surface area contributed by atoms with Gasteiger partial charge >= 0.3 is 0 Å². The fraction of sp³-hybridized carbons (Fsp3) is 0.107. The monoisotopic (exact) mass is 557 g/mol. The molecule has 0 amide bonds. The van der Waals surface area contributed by atoms with Crippen LogP contribution in [0.5, 0.6) is 0 Å². The molecule has 0 saturated carbocycles. The van der Waals surface area contributed by atoms with Gasteiger partial charge in [-0.25, -0.2) is 12.1 Å².